The summed E-state index contributed by atoms with van der Waals surface area (Å²) in [7, 11) is 0. The van der Waals surface area contributed by atoms with Crippen LogP contribution in [0.15, 0.2) is 22.7 Å². The quantitative estimate of drug-likeness (QED) is 0.314. The van der Waals surface area contributed by atoms with E-state index >= 15 is 0 Å². The van der Waals surface area contributed by atoms with Crippen molar-refractivity contribution in [2.45, 2.75) is 44.4 Å². The number of hydrogen-bond acceptors (Lipinski definition) is 1. The van der Waals surface area contributed by atoms with Crippen molar-refractivity contribution >= 4 is 37.6 Å². The van der Waals surface area contributed by atoms with Gasteiger partial charge in [-0.15, -0.1) is 12.3 Å². The SMILES string of the molecule is C#CCCCCCC(C)(C(=O)CBr)c1cccc(Br)c1F. The van der Waals surface area contributed by atoms with Crippen LogP contribution in [0.2, 0.25) is 0 Å². The topological polar surface area (TPSA) is 17.1 Å². The van der Waals surface area contributed by atoms with Crippen molar-refractivity contribution < 1.29 is 9.18 Å². The van der Waals surface area contributed by atoms with E-state index in [9.17, 15) is 9.18 Å². The molecule has 0 N–H and O–H groups in total. The van der Waals surface area contributed by atoms with Gasteiger partial charge in [-0.2, -0.15) is 0 Å². The number of terminal acetylenes is 1. The van der Waals surface area contributed by atoms with Gasteiger partial charge in [-0.1, -0.05) is 40.9 Å². The van der Waals surface area contributed by atoms with Crippen LogP contribution in [0.4, 0.5) is 4.39 Å². The second-order valence-corrected chi connectivity index (χ2v) is 6.67. The van der Waals surface area contributed by atoms with Crippen LogP contribution < -0.4 is 0 Å². The van der Waals surface area contributed by atoms with E-state index in [1.165, 1.54) is 0 Å². The van der Waals surface area contributed by atoms with Crippen molar-refractivity contribution in [2.75, 3.05) is 5.33 Å². The fraction of sp³-hybridized carbons (Fsp3) is 0.471. The van der Waals surface area contributed by atoms with E-state index in [4.69, 9.17) is 6.42 Å². The number of carbonyl (C=O) groups is 1. The maximum absolute atomic E-state index is 14.4. The van der Waals surface area contributed by atoms with Gasteiger partial charge in [0, 0.05) is 12.0 Å². The molecule has 1 unspecified atom stereocenters. The van der Waals surface area contributed by atoms with Gasteiger partial charge in [-0.25, -0.2) is 4.39 Å². The van der Waals surface area contributed by atoms with Gasteiger partial charge in [0.15, 0.2) is 5.78 Å². The van der Waals surface area contributed by atoms with Crippen LogP contribution in [0.1, 0.15) is 44.6 Å². The van der Waals surface area contributed by atoms with Crippen LogP contribution in [-0.2, 0) is 10.2 Å². The molecule has 0 amide bonds. The second kappa shape index (κ2) is 8.70. The summed E-state index contributed by atoms with van der Waals surface area (Å²) in [4.78, 5) is 12.4. The average molecular weight is 418 g/mol. The maximum Gasteiger partial charge on any atom is 0.153 e. The van der Waals surface area contributed by atoms with E-state index in [1.54, 1.807) is 18.2 Å². The molecule has 0 radical (unpaired) electrons. The summed E-state index contributed by atoms with van der Waals surface area (Å²) in [5.41, 5.74) is -0.355. The van der Waals surface area contributed by atoms with Crippen LogP contribution in [0.25, 0.3) is 0 Å². The normalized spacial score (nSPS) is 13.5. The van der Waals surface area contributed by atoms with Gasteiger partial charge in [0.1, 0.15) is 5.82 Å². The predicted octanol–water partition coefficient (Wildman–Crippen LogP) is 5.39. The van der Waals surface area contributed by atoms with Crippen molar-refractivity contribution in [1.82, 2.24) is 0 Å². The summed E-state index contributed by atoms with van der Waals surface area (Å²) in [6, 6.07) is 5.10. The Labute approximate surface area is 143 Å². The highest BCUT2D eigenvalue weighted by Crippen LogP contribution is 2.35. The first-order valence-corrected chi connectivity index (χ1v) is 8.86. The smallest absolute Gasteiger partial charge is 0.153 e. The molecule has 114 valence electrons. The molecule has 0 aromatic heterocycles. The Morgan fingerprint density at radius 3 is 2.71 bits per heavy atom. The van der Waals surface area contributed by atoms with Crippen LogP contribution in [0.3, 0.4) is 0 Å². The molecule has 0 saturated heterocycles. The summed E-state index contributed by atoms with van der Waals surface area (Å²) in [5.74, 6) is 2.25. The standard InChI is InChI=1S/C17H19Br2FO/c1-3-4-5-6-7-11-17(2,15(21)12-18)13-9-8-10-14(19)16(13)20/h1,8-10H,4-7,11-12H2,2H3. The largest absolute Gasteiger partial charge is 0.298 e. The molecule has 0 saturated carbocycles. The van der Waals surface area contributed by atoms with Gasteiger partial charge >= 0.3 is 0 Å². The van der Waals surface area contributed by atoms with E-state index in [-0.39, 0.29) is 16.9 Å². The highest BCUT2D eigenvalue weighted by Gasteiger charge is 2.36. The Kier molecular flexibility index (Phi) is 7.62. The molecule has 1 rings (SSSR count). The van der Waals surface area contributed by atoms with E-state index < -0.39 is 5.41 Å². The first-order valence-electron chi connectivity index (χ1n) is 6.94. The monoisotopic (exact) mass is 416 g/mol. The Bertz CT molecular complexity index is 536. The molecule has 1 atom stereocenters. The number of Topliss-reactive ketones (excluding diaryl/α,β-unsaturated/α-hetero) is 1. The first kappa shape index (κ1) is 18.4. The number of unbranched alkanes of at least 4 members (excludes halogenated alkanes) is 3. The predicted molar refractivity (Wildman–Crippen MR) is 92.2 cm³/mol. The molecule has 0 aliphatic rings. The lowest BCUT2D eigenvalue weighted by Crippen LogP contribution is -2.34. The molecular formula is C17H19Br2FO. The summed E-state index contributed by atoms with van der Waals surface area (Å²) in [6.07, 6.45) is 9.33. The van der Waals surface area contributed by atoms with Crippen LogP contribution in [-0.4, -0.2) is 11.1 Å². The second-order valence-electron chi connectivity index (χ2n) is 5.26. The lowest BCUT2D eigenvalue weighted by atomic mass is 9.75. The molecule has 4 heteroatoms. The number of ketones is 1. The zero-order chi connectivity index (χ0) is 15.9. The number of hydrogen-bond donors (Lipinski definition) is 0. The Hall–Kier alpha value is -0.660. The third kappa shape index (κ3) is 4.66. The molecular weight excluding hydrogens is 399 g/mol. The molecule has 1 aromatic rings. The van der Waals surface area contributed by atoms with Gasteiger partial charge in [-0.3, -0.25) is 4.79 Å². The van der Waals surface area contributed by atoms with Crippen molar-refractivity contribution in [2.24, 2.45) is 0 Å². The summed E-state index contributed by atoms with van der Waals surface area (Å²) in [6.45, 7) is 1.82. The zero-order valence-electron chi connectivity index (χ0n) is 12.1. The number of benzene rings is 1. The minimum Gasteiger partial charge on any atom is -0.298 e. The van der Waals surface area contributed by atoms with Crippen molar-refractivity contribution in [1.29, 1.82) is 0 Å². The summed E-state index contributed by atoms with van der Waals surface area (Å²) < 4.78 is 14.8. The summed E-state index contributed by atoms with van der Waals surface area (Å²) in [5, 5.41) is 0.222. The molecule has 0 aliphatic heterocycles. The maximum atomic E-state index is 14.4. The number of halogens is 3. The van der Waals surface area contributed by atoms with E-state index in [0.29, 0.717) is 16.5 Å². The van der Waals surface area contributed by atoms with E-state index in [2.05, 4.69) is 37.8 Å². The number of rotatable bonds is 8. The summed E-state index contributed by atoms with van der Waals surface area (Å²) >= 11 is 6.41. The number of carbonyl (C=O) groups excluding carboxylic acids is 1. The fourth-order valence-corrected chi connectivity index (χ4v) is 3.37. The third-order valence-electron chi connectivity index (χ3n) is 3.78. The van der Waals surface area contributed by atoms with Crippen LogP contribution in [0.5, 0.6) is 0 Å². The van der Waals surface area contributed by atoms with Gasteiger partial charge in [-0.05, 0) is 41.8 Å². The Balaban J connectivity index is 2.96. The van der Waals surface area contributed by atoms with Crippen molar-refractivity contribution in [3.63, 3.8) is 0 Å². The molecule has 0 bridgehead atoms. The highest BCUT2D eigenvalue weighted by molar-refractivity contribution is 9.10. The minimum atomic E-state index is -0.812. The lowest BCUT2D eigenvalue weighted by Gasteiger charge is -2.29. The first-order chi connectivity index (χ1) is 9.97. The van der Waals surface area contributed by atoms with E-state index in [0.717, 1.165) is 25.7 Å². The van der Waals surface area contributed by atoms with Gasteiger partial charge in [0.2, 0.25) is 0 Å². The molecule has 21 heavy (non-hydrogen) atoms. The molecule has 1 nitrogen and oxygen atoms in total. The minimum absolute atomic E-state index is 0.00329. The van der Waals surface area contributed by atoms with Gasteiger partial charge in [0.25, 0.3) is 0 Å². The van der Waals surface area contributed by atoms with Crippen molar-refractivity contribution in [3.8, 4) is 12.3 Å². The lowest BCUT2D eigenvalue weighted by molar-refractivity contribution is -0.121. The number of alkyl halides is 1. The van der Waals surface area contributed by atoms with Crippen LogP contribution >= 0.6 is 31.9 Å². The van der Waals surface area contributed by atoms with E-state index in [1.807, 2.05) is 6.92 Å². The zero-order valence-corrected chi connectivity index (χ0v) is 15.3. The molecule has 0 fully saturated rings. The molecule has 1 aromatic carbocycles. The third-order valence-corrected chi connectivity index (χ3v) is 4.90. The molecule has 0 spiro atoms. The van der Waals surface area contributed by atoms with Crippen LogP contribution in [0, 0.1) is 18.2 Å². The Morgan fingerprint density at radius 1 is 1.38 bits per heavy atom. The van der Waals surface area contributed by atoms with Gasteiger partial charge < -0.3 is 0 Å². The average Bonchev–Trinajstić information content (AvgIpc) is 2.48. The highest BCUT2D eigenvalue weighted by atomic mass is 79.9. The molecule has 0 aliphatic carbocycles. The fourth-order valence-electron chi connectivity index (χ4n) is 2.38. The van der Waals surface area contributed by atoms with Gasteiger partial charge in [0.05, 0.1) is 15.2 Å². The molecule has 0 heterocycles. The Morgan fingerprint density at radius 2 is 2.10 bits per heavy atom. The van der Waals surface area contributed by atoms with Crippen molar-refractivity contribution in [3.05, 3.63) is 34.1 Å².